The number of aryl methyl sites for hydroxylation is 1. The first kappa shape index (κ1) is 13.1. The van der Waals surface area contributed by atoms with E-state index in [0.29, 0.717) is 0 Å². The molecule has 0 bridgehead atoms. The van der Waals surface area contributed by atoms with Gasteiger partial charge in [0.1, 0.15) is 6.17 Å². The van der Waals surface area contributed by atoms with Crippen LogP contribution in [0.4, 0.5) is 17.2 Å². The Morgan fingerprint density at radius 1 is 0.955 bits per heavy atom. The molecule has 22 heavy (non-hydrogen) atoms. The summed E-state index contributed by atoms with van der Waals surface area (Å²) in [5.41, 5.74) is 4.73. The molecule has 3 heteroatoms. The summed E-state index contributed by atoms with van der Waals surface area (Å²) < 4.78 is 0. The summed E-state index contributed by atoms with van der Waals surface area (Å²) in [6, 6.07) is 19.0. The van der Waals surface area contributed by atoms with Crippen molar-refractivity contribution in [3.63, 3.8) is 0 Å². The van der Waals surface area contributed by atoms with E-state index < -0.39 is 0 Å². The Kier molecular flexibility index (Phi) is 2.83. The van der Waals surface area contributed by atoms with Crippen LogP contribution in [0.15, 0.2) is 54.6 Å². The topological polar surface area (TPSA) is 19.4 Å². The molecule has 110 valence electrons. The van der Waals surface area contributed by atoms with Gasteiger partial charge in [0.15, 0.2) is 5.82 Å². The molecule has 2 heterocycles. The molecule has 0 spiro atoms. The van der Waals surface area contributed by atoms with Gasteiger partial charge in [-0.25, -0.2) is 4.98 Å². The predicted octanol–water partition coefficient (Wildman–Crippen LogP) is 4.48. The van der Waals surface area contributed by atoms with Crippen LogP contribution in [0.1, 0.15) is 12.5 Å². The lowest BCUT2D eigenvalue weighted by Gasteiger charge is -2.28. The Morgan fingerprint density at radius 2 is 1.68 bits per heavy atom. The number of pyridine rings is 1. The van der Waals surface area contributed by atoms with Gasteiger partial charge in [0, 0.05) is 18.1 Å². The van der Waals surface area contributed by atoms with Crippen molar-refractivity contribution in [2.24, 2.45) is 0 Å². The van der Waals surface area contributed by atoms with Crippen molar-refractivity contribution in [1.29, 1.82) is 0 Å². The van der Waals surface area contributed by atoms with E-state index in [2.05, 4.69) is 79.2 Å². The van der Waals surface area contributed by atoms with E-state index in [1.54, 1.807) is 0 Å². The summed E-state index contributed by atoms with van der Waals surface area (Å²) in [5, 5.41) is 1.19. The van der Waals surface area contributed by atoms with Crippen molar-refractivity contribution < 1.29 is 0 Å². The second-order valence-corrected chi connectivity index (χ2v) is 5.92. The minimum Gasteiger partial charge on any atom is -0.351 e. The van der Waals surface area contributed by atoms with Crippen molar-refractivity contribution in [2.75, 3.05) is 16.8 Å². The molecule has 3 aromatic rings. The largest absolute Gasteiger partial charge is 0.351 e. The number of benzene rings is 2. The van der Waals surface area contributed by atoms with Crippen LogP contribution in [0, 0.1) is 6.92 Å². The third kappa shape index (κ3) is 1.78. The molecule has 2 aromatic carbocycles. The van der Waals surface area contributed by atoms with Crippen LogP contribution in [0.2, 0.25) is 0 Å². The summed E-state index contributed by atoms with van der Waals surface area (Å²) in [6.45, 7) is 4.37. The van der Waals surface area contributed by atoms with Gasteiger partial charge in [-0.05, 0) is 37.6 Å². The van der Waals surface area contributed by atoms with Crippen LogP contribution >= 0.6 is 0 Å². The summed E-state index contributed by atoms with van der Waals surface area (Å²) in [4.78, 5) is 9.56. The minimum atomic E-state index is 0.250. The van der Waals surface area contributed by atoms with Crippen molar-refractivity contribution >= 4 is 28.1 Å². The highest BCUT2D eigenvalue weighted by Crippen LogP contribution is 2.43. The zero-order valence-corrected chi connectivity index (χ0v) is 13.1. The smallest absolute Gasteiger partial charge is 0.159 e. The molecule has 0 amide bonds. The molecule has 0 fully saturated rings. The average Bonchev–Trinajstić information content (AvgIpc) is 2.77. The van der Waals surface area contributed by atoms with Crippen molar-refractivity contribution in [1.82, 2.24) is 4.98 Å². The monoisotopic (exact) mass is 289 g/mol. The number of anilines is 3. The molecular weight excluding hydrogens is 270 g/mol. The summed E-state index contributed by atoms with van der Waals surface area (Å²) in [5.74, 6) is 1.04. The molecule has 1 aliphatic heterocycles. The van der Waals surface area contributed by atoms with Crippen molar-refractivity contribution in [2.45, 2.75) is 20.0 Å². The maximum atomic E-state index is 4.94. The zero-order chi connectivity index (χ0) is 15.3. The Labute approximate surface area is 130 Å². The minimum absolute atomic E-state index is 0.250. The molecule has 0 unspecified atom stereocenters. The fourth-order valence-corrected chi connectivity index (χ4v) is 3.23. The van der Waals surface area contributed by atoms with Gasteiger partial charge in [0.05, 0.1) is 11.2 Å². The van der Waals surface area contributed by atoms with E-state index in [1.807, 2.05) is 6.07 Å². The van der Waals surface area contributed by atoms with Crippen LogP contribution in [0.5, 0.6) is 0 Å². The molecule has 3 nitrogen and oxygen atoms in total. The van der Waals surface area contributed by atoms with E-state index in [4.69, 9.17) is 4.98 Å². The first-order chi connectivity index (χ1) is 10.7. The maximum Gasteiger partial charge on any atom is 0.159 e. The second-order valence-electron chi connectivity index (χ2n) is 5.92. The first-order valence-electron chi connectivity index (χ1n) is 7.64. The molecule has 1 aliphatic rings. The normalized spacial score (nSPS) is 17.1. The lowest BCUT2D eigenvalue weighted by Crippen LogP contribution is -2.36. The van der Waals surface area contributed by atoms with Crippen LogP contribution in [0.25, 0.3) is 10.9 Å². The van der Waals surface area contributed by atoms with Gasteiger partial charge in [-0.3, -0.25) is 0 Å². The molecule has 0 saturated carbocycles. The molecule has 4 rings (SSSR count). The SMILES string of the molecule is Cc1ccccc1N1c2nc3ccccc3cc2N(C)[C@@H]1C. The predicted molar refractivity (Wildman–Crippen MR) is 92.9 cm³/mol. The third-order valence-corrected chi connectivity index (χ3v) is 4.60. The first-order valence-corrected chi connectivity index (χ1v) is 7.64. The van der Waals surface area contributed by atoms with E-state index in [0.717, 1.165) is 11.3 Å². The number of rotatable bonds is 1. The summed E-state index contributed by atoms with van der Waals surface area (Å²) in [6.07, 6.45) is 0.250. The summed E-state index contributed by atoms with van der Waals surface area (Å²) in [7, 11) is 2.14. The molecule has 1 aromatic heterocycles. The van der Waals surface area contributed by atoms with Crippen LogP contribution < -0.4 is 9.80 Å². The molecule has 1 atom stereocenters. The number of hydrogen-bond donors (Lipinski definition) is 0. The van der Waals surface area contributed by atoms with Gasteiger partial charge >= 0.3 is 0 Å². The number of hydrogen-bond acceptors (Lipinski definition) is 3. The Morgan fingerprint density at radius 3 is 2.50 bits per heavy atom. The average molecular weight is 289 g/mol. The van der Waals surface area contributed by atoms with Gasteiger partial charge in [-0.1, -0.05) is 36.4 Å². The number of fused-ring (bicyclic) bond motifs is 2. The van der Waals surface area contributed by atoms with Crippen molar-refractivity contribution in [3.05, 3.63) is 60.2 Å². The van der Waals surface area contributed by atoms with Gasteiger partial charge in [0.2, 0.25) is 0 Å². The number of aromatic nitrogens is 1. The van der Waals surface area contributed by atoms with Gasteiger partial charge < -0.3 is 9.80 Å². The van der Waals surface area contributed by atoms with Gasteiger partial charge in [-0.15, -0.1) is 0 Å². The number of para-hydroxylation sites is 2. The fraction of sp³-hybridized carbons (Fsp3) is 0.211. The number of nitrogens with zero attached hydrogens (tertiary/aromatic N) is 3. The summed E-state index contributed by atoms with van der Waals surface area (Å²) >= 11 is 0. The zero-order valence-electron chi connectivity index (χ0n) is 13.1. The van der Waals surface area contributed by atoms with E-state index >= 15 is 0 Å². The van der Waals surface area contributed by atoms with E-state index in [1.165, 1.54) is 22.3 Å². The second kappa shape index (κ2) is 4.73. The standard InChI is InChI=1S/C19H19N3/c1-13-8-4-7-11-17(13)22-14(2)21(3)18-12-15-9-5-6-10-16(15)20-19(18)22/h4-12,14H,1-3H3/t14-/m0/s1. The van der Waals surface area contributed by atoms with Crippen LogP contribution in [0.3, 0.4) is 0 Å². The van der Waals surface area contributed by atoms with Gasteiger partial charge in [-0.2, -0.15) is 0 Å². The highest BCUT2D eigenvalue weighted by Gasteiger charge is 2.33. The molecular formula is C19H19N3. The van der Waals surface area contributed by atoms with Gasteiger partial charge in [0.25, 0.3) is 0 Å². The quantitative estimate of drug-likeness (QED) is 0.658. The fourth-order valence-electron chi connectivity index (χ4n) is 3.23. The Balaban J connectivity index is 1.97. The highest BCUT2D eigenvalue weighted by molar-refractivity contribution is 5.91. The highest BCUT2D eigenvalue weighted by atomic mass is 15.4. The van der Waals surface area contributed by atoms with Crippen LogP contribution in [-0.4, -0.2) is 18.2 Å². The lowest BCUT2D eigenvalue weighted by atomic mass is 10.1. The maximum absolute atomic E-state index is 4.94. The third-order valence-electron chi connectivity index (χ3n) is 4.60. The molecule has 0 N–H and O–H groups in total. The Bertz CT molecular complexity index is 856. The lowest BCUT2D eigenvalue weighted by molar-refractivity contribution is 0.730. The van der Waals surface area contributed by atoms with Crippen molar-refractivity contribution in [3.8, 4) is 0 Å². The molecule has 0 aliphatic carbocycles. The van der Waals surface area contributed by atoms with Crippen LogP contribution in [-0.2, 0) is 0 Å². The van der Waals surface area contributed by atoms with E-state index in [-0.39, 0.29) is 6.17 Å². The van der Waals surface area contributed by atoms with E-state index in [9.17, 15) is 0 Å². The molecule has 0 radical (unpaired) electrons. The Hall–Kier alpha value is -2.55. The molecule has 0 saturated heterocycles.